The molecule has 0 aliphatic carbocycles. The number of amidine groups is 1. The Labute approximate surface area is 270 Å². The predicted molar refractivity (Wildman–Crippen MR) is 167 cm³/mol. The first kappa shape index (κ1) is 34.8. The molecule has 230 valence electrons. The van der Waals surface area contributed by atoms with E-state index in [9.17, 15) is 13.9 Å². The van der Waals surface area contributed by atoms with Crippen molar-refractivity contribution in [3.05, 3.63) is 68.1 Å². The Bertz CT molecular complexity index is 1280. The number of hydrogen-bond donors (Lipinski definition) is 3. The van der Waals surface area contributed by atoms with E-state index in [0.717, 1.165) is 21.8 Å². The zero-order valence-electron chi connectivity index (χ0n) is 23.2. The standard InChI is InChI=1S/C14H16BrFN2O2.C14H19BrFNO2.CBrN/c15-9-1-2-11(16)10(7-9)12-8-14(20-13(17)18-12)3-5-19-6-4-14;1-13(17,9-14(18)4-6-19-7-5-14)11-8-10(15)2-3-12(11)16;2-1-3/h1-2,7,12H,3-6,8H2,(H2,17,18);2-3,8,18H,4-7,9,17H2,1H3;. The molecule has 42 heavy (non-hydrogen) atoms. The average molecular weight is 781 g/mol. The predicted octanol–water partition coefficient (Wildman–Crippen LogP) is 6.47. The highest BCUT2D eigenvalue weighted by molar-refractivity contribution is 9.12. The van der Waals surface area contributed by atoms with E-state index in [1.807, 2.05) is 0 Å². The maximum atomic E-state index is 14.0. The molecule has 0 saturated carbocycles. The number of benzene rings is 2. The zero-order chi connectivity index (χ0) is 31.0. The number of rotatable bonds is 4. The molecule has 2 aromatic rings. The molecule has 2 fully saturated rings. The molecule has 1 spiro atoms. The van der Waals surface area contributed by atoms with Gasteiger partial charge in [-0.2, -0.15) is 5.26 Å². The second-order valence-corrected chi connectivity index (χ2v) is 13.1. The van der Waals surface area contributed by atoms with Gasteiger partial charge in [-0.25, -0.2) is 13.8 Å². The van der Waals surface area contributed by atoms with Crippen LogP contribution in [0.5, 0.6) is 0 Å². The van der Waals surface area contributed by atoms with Crippen LogP contribution in [0.25, 0.3) is 0 Å². The third kappa shape index (κ3) is 9.67. The van der Waals surface area contributed by atoms with Crippen LogP contribution in [0.3, 0.4) is 0 Å². The number of ether oxygens (including phenoxy) is 3. The van der Waals surface area contributed by atoms with Gasteiger partial charge >= 0.3 is 0 Å². The van der Waals surface area contributed by atoms with Crippen molar-refractivity contribution in [1.29, 1.82) is 5.26 Å². The quantitative estimate of drug-likeness (QED) is 0.324. The van der Waals surface area contributed by atoms with E-state index in [2.05, 4.69) is 52.8 Å². The van der Waals surface area contributed by atoms with Crippen LogP contribution >= 0.6 is 47.8 Å². The molecule has 13 heteroatoms. The number of halogens is 5. The third-order valence-electron chi connectivity index (χ3n) is 7.55. The van der Waals surface area contributed by atoms with Crippen molar-refractivity contribution in [3.8, 4) is 4.98 Å². The maximum absolute atomic E-state index is 14.0. The van der Waals surface area contributed by atoms with Crippen molar-refractivity contribution in [3.63, 3.8) is 0 Å². The molecule has 0 radical (unpaired) electrons. The Hall–Kier alpha value is -1.66. The topological polar surface area (TPSA) is 136 Å². The van der Waals surface area contributed by atoms with E-state index < -0.39 is 11.1 Å². The zero-order valence-corrected chi connectivity index (χ0v) is 28.0. The number of nitrogens with zero attached hydrogens (tertiary/aromatic N) is 2. The Morgan fingerprint density at radius 3 is 2.14 bits per heavy atom. The lowest BCUT2D eigenvalue weighted by molar-refractivity contribution is -0.0786. The number of nitrogens with two attached hydrogens (primary N) is 2. The Balaban J connectivity index is 0.000000211. The fraction of sp³-hybridized carbons (Fsp3) is 0.517. The lowest BCUT2D eigenvalue weighted by atomic mass is 9.78. The summed E-state index contributed by atoms with van der Waals surface area (Å²) in [6, 6.07) is 9.41. The number of nitriles is 1. The Kier molecular flexibility index (Phi) is 12.7. The van der Waals surface area contributed by atoms with E-state index in [4.69, 9.17) is 30.9 Å². The molecule has 8 nitrogen and oxygen atoms in total. The molecule has 5 rings (SSSR count). The van der Waals surface area contributed by atoms with Gasteiger partial charge in [0.05, 0.1) is 24.9 Å². The smallest absolute Gasteiger partial charge is 0.283 e. The van der Waals surface area contributed by atoms with Crippen molar-refractivity contribution in [2.75, 3.05) is 26.4 Å². The van der Waals surface area contributed by atoms with Crippen LogP contribution in [-0.4, -0.2) is 48.8 Å². The summed E-state index contributed by atoms with van der Waals surface area (Å²) in [4.78, 5) is 5.84. The second kappa shape index (κ2) is 15.4. The Morgan fingerprint density at radius 2 is 1.55 bits per heavy atom. The first-order chi connectivity index (χ1) is 19.8. The largest absolute Gasteiger partial charge is 0.459 e. The summed E-state index contributed by atoms with van der Waals surface area (Å²) in [5.41, 5.74) is 10.9. The molecule has 0 aromatic heterocycles. The fourth-order valence-corrected chi connectivity index (χ4v) is 6.22. The molecule has 3 heterocycles. The van der Waals surface area contributed by atoms with E-state index in [1.54, 1.807) is 36.2 Å². The van der Waals surface area contributed by atoms with Gasteiger partial charge in [0, 0.05) is 74.0 Å². The fourth-order valence-electron chi connectivity index (χ4n) is 5.48. The summed E-state index contributed by atoms with van der Waals surface area (Å²) < 4.78 is 46.0. The van der Waals surface area contributed by atoms with Crippen molar-refractivity contribution >= 4 is 53.8 Å². The van der Waals surface area contributed by atoms with Crippen molar-refractivity contribution in [2.45, 2.75) is 68.2 Å². The van der Waals surface area contributed by atoms with Gasteiger partial charge in [0.25, 0.3) is 6.02 Å². The van der Waals surface area contributed by atoms with Gasteiger partial charge in [0.15, 0.2) is 0 Å². The molecule has 2 atom stereocenters. The molecule has 2 saturated heterocycles. The van der Waals surface area contributed by atoms with Gasteiger partial charge in [0.1, 0.15) is 22.2 Å². The van der Waals surface area contributed by atoms with E-state index in [-0.39, 0.29) is 29.3 Å². The summed E-state index contributed by atoms with van der Waals surface area (Å²) in [6.45, 7) is 4.08. The molecule has 0 bridgehead atoms. The minimum Gasteiger partial charge on any atom is -0.459 e. The highest BCUT2D eigenvalue weighted by atomic mass is 79.9. The molecule has 2 unspecified atom stereocenters. The molecule has 0 amide bonds. The monoisotopic (exact) mass is 778 g/mol. The summed E-state index contributed by atoms with van der Waals surface area (Å²) in [7, 11) is 0. The Morgan fingerprint density at radius 1 is 1.02 bits per heavy atom. The number of aliphatic hydroxyl groups is 1. The molecule has 5 N–H and O–H groups in total. The molecule has 2 aromatic carbocycles. The normalized spacial score (nSPS) is 22.1. The van der Waals surface area contributed by atoms with Crippen molar-refractivity contribution in [1.82, 2.24) is 0 Å². The van der Waals surface area contributed by atoms with Gasteiger partial charge in [0.2, 0.25) is 0 Å². The van der Waals surface area contributed by atoms with Gasteiger partial charge in [-0.1, -0.05) is 31.9 Å². The molecule has 3 aliphatic rings. The van der Waals surface area contributed by atoms with Crippen LogP contribution in [0.1, 0.15) is 62.6 Å². The minimum atomic E-state index is -0.917. The molecule has 3 aliphatic heterocycles. The van der Waals surface area contributed by atoms with Gasteiger partial charge in [-0.05, 0) is 62.6 Å². The van der Waals surface area contributed by atoms with E-state index >= 15 is 0 Å². The summed E-state index contributed by atoms with van der Waals surface area (Å²) in [5, 5.41) is 17.8. The third-order valence-corrected chi connectivity index (χ3v) is 8.54. The molecular weight excluding hydrogens is 746 g/mol. The van der Waals surface area contributed by atoms with E-state index in [0.29, 0.717) is 63.2 Å². The maximum Gasteiger partial charge on any atom is 0.283 e. The van der Waals surface area contributed by atoms with Crippen LogP contribution in [0, 0.1) is 21.9 Å². The van der Waals surface area contributed by atoms with Crippen molar-refractivity contribution in [2.24, 2.45) is 16.5 Å². The summed E-state index contributed by atoms with van der Waals surface area (Å²) in [5.74, 6) is -0.609. The van der Waals surface area contributed by atoms with Crippen LogP contribution in [0.4, 0.5) is 8.78 Å². The van der Waals surface area contributed by atoms with Crippen molar-refractivity contribution < 1.29 is 28.1 Å². The molecular formula is C29H35Br3F2N4O4. The number of hydrogen-bond acceptors (Lipinski definition) is 8. The van der Waals surface area contributed by atoms with Gasteiger partial charge < -0.3 is 30.8 Å². The van der Waals surface area contributed by atoms with Gasteiger partial charge in [-0.15, -0.1) is 0 Å². The summed E-state index contributed by atoms with van der Waals surface area (Å²) >= 11 is 9.14. The average Bonchev–Trinajstić information content (AvgIpc) is 2.92. The first-order valence-electron chi connectivity index (χ1n) is 13.4. The lowest BCUT2D eigenvalue weighted by Gasteiger charge is -2.41. The highest BCUT2D eigenvalue weighted by Gasteiger charge is 2.42. The van der Waals surface area contributed by atoms with Crippen LogP contribution < -0.4 is 11.5 Å². The second-order valence-electron chi connectivity index (χ2n) is 10.9. The van der Waals surface area contributed by atoms with E-state index in [1.165, 1.54) is 12.1 Å². The highest BCUT2D eigenvalue weighted by Crippen LogP contribution is 2.41. The van der Waals surface area contributed by atoms with Crippen LogP contribution in [0.15, 0.2) is 50.3 Å². The SMILES string of the molecule is CC(N)(CC1(O)CCOCC1)c1cc(Br)ccc1F.N#CBr.NC1=NC(c2cc(Br)ccc2F)CC2(CCOCC2)O1. The van der Waals surface area contributed by atoms with Crippen LogP contribution in [-0.2, 0) is 19.7 Å². The van der Waals surface area contributed by atoms with Crippen LogP contribution in [0.2, 0.25) is 0 Å². The minimum absolute atomic E-state index is 0.141. The number of aliphatic imine (C=N–C) groups is 1. The first-order valence-corrected chi connectivity index (χ1v) is 15.8. The van der Waals surface area contributed by atoms with Gasteiger partial charge in [-0.3, -0.25) is 0 Å². The summed E-state index contributed by atoms with van der Waals surface area (Å²) in [6.07, 6.45) is 3.54. The lowest BCUT2D eigenvalue weighted by Crippen LogP contribution is -2.46.